The third-order valence-electron chi connectivity index (χ3n) is 3.69. The number of carbonyl (C=O) groups excluding carboxylic acids is 2. The summed E-state index contributed by atoms with van der Waals surface area (Å²) in [6.07, 6.45) is 1.06. The molecule has 1 aliphatic heterocycles. The van der Waals surface area contributed by atoms with E-state index in [1.807, 2.05) is 4.90 Å². The van der Waals surface area contributed by atoms with E-state index >= 15 is 0 Å². The van der Waals surface area contributed by atoms with E-state index in [1.165, 1.54) is 18.2 Å². The Hall–Kier alpha value is -2.46. The Labute approximate surface area is 145 Å². The zero-order valence-corrected chi connectivity index (χ0v) is 14.9. The topological polar surface area (TPSA) is 115 Å². The maximum atomic E-state index is 12.3. The second kappa shape index (κ2) is 6.81. The number of anilines is 1. The molecule has 2 rings (SSSR count). The maximum absolute atomic E-state index is 12.3. The number of carbonyl (C=O) groups is 3. The van der Waals surface area contributed by atoms with Gasteiger partial charge in [-0.3, -0.25) is 23.6 Å². The first-order valence-corrected chi connectivity index (χ1v) is 9.21. The van der Waals surface area contributed by atoms with Gasteiger partial charge in [-0.05, 0) is 32.3 Å². The second-order valence-corrected chi connectivity index (χ2v) is 7.87. The fraction of sp³-hybridized carbons (Fsp3) is 0.400. The number of hydrogen-bond acceptors (Lipinski definition) is 6. The predicted molar refractivity (Wildman–Crippen MR) is 90.2 cm³/mol. The van der Waals surface area contributed by atoms with Gasteiger partial charge < -0.3 is 10.0 Å². The quantitative estimate of drug-likeness (QED) is 0.656. The molecule has 1 N–H and O–H groups in total. The van der Waals surface area contributed by atoms with E-state index in [0.29, 0.717) is 11.4 Å². The van der Waals surface area contributed by atoms with Crippen LogP contribution in [0.25, 0.3) is 0 Å². The van der Waals surface area contributed by atoms with Gasteiger partial charge in [0.15, 0.2) is 0 Å². The first-order valence-electron chi connectivity index (χ1n) is 7.37. The molecule has 1 aromatic carbocycles. The summed E-state index contributed by atoms with van der Waals surface area (Å²) in [6.45, 7) is -0.105. The van der Waals surface area contributed by atoms with E-state index in [4.69, 9.17) is 5.11 Å². The molecule has 10 heteroatoms. The Morgan fingerprint density at radius 3 is 2.24 bits per heavy atom. The number of benzene rings is 1. The fourth-order valence-electron chi connectivity index (χ4n) is 2.49. The Balaban J connectivity index is 2.41. The minimum atomic E-state index is -3.59. The van der Waals surface area contributed by atoms with Crippen LogP contribution in [-0.4, -0.2) is 81.1 Å². The highest BCUT2D eigenvalue weighted by Gasteiger charge is 2.37. The van der Waals surface area contributed by atoms with E-state index in [-0.39, 0.29) is 23.4 Å². The number of hydrogen-bond donors (Lipinski definition) is 1. The van der Waals surface area contributed by atoms with Crippen LogP contribution in [0.2, 0.25) is 0 Å². The van der Waals surface area contributed by atoms with Gasteiger partial charge in [-0.1, -0.05) is 0 Å². The number of sulfonamides is 1. The van der Waals surface area contributed by atoms with Crippen LogP contribution in [0.1, 0.15) is 20.7 Å². The van der Waals surface area contributed by atoms with Crippen molar-refractivity contribution in [1.29, 1.82) is 0 Å². The summed E-state index contributed by atoms with van der Waals surface area (Å²) in [5.41, 5.74) is 0.319. The van der Waals surface area contributed by atoms with E-state index in [2.05, 4.69) is 0 Å². The Morgan fingerprint density at radius 2 is 1.72 bits per heavy atom. The molecule has 1 heterocycles. The summed E-state index contributed by atoms with van der Waals surface area (Å²) in [5, 5.41) is 8.82. The van der Waals surface area contributed by atoms with Gasteiger partial charge in [-0.2, -0.15) is 0 Å². The minimum absolute atomic E-state index is 0.00209. The lowest BCUT2D eigenvalue weighted by atomic mass is 10.1. The lowest BCUT2D eigenvalue weighted by Crippen LogP contribution is -2.36. The van der Waals surface area contributed by atoms with Crippen molar-refractivity contribution in [2.24, 2.45) is 0 Å². The summed E-state index contributed by atoms with van der Waals surface area (Å²) in [4.78, 5) is 37.7. The van der Waals surface area contributed by atoms with Crippen molar-refractivity contribution in [3.8, 4) is 0 Å². The van der Waals surface area contributed by atoms with Gasteiger partial charge in [0.1, 0.15) is 6.54 Å². The minimum Gasteiger partial charge on any atom is -0.480 e. The molecule has 0 unspecified atom stereocenters. The van der Waals surface area contributed by atoms with Crippen molar-refractivity contribution >= 4 is 33.5 Å². The molecule has 1 aliphatic rings. The van der Waals surface area contributed by atoms with Gasteiger partial charge in [0.2, 0.25) is 10.0 Å². The maximum Gasteiger partial charge on any atom is 0.323 e. The summed E-state index contributed by atoms with van der Waals surface area (Å²) < 4.78 is 25.3. The van der Waals surface area contributed by atoms with Crippen LogP contribution < -0.4 is 4.31 Å². The molecule has 0 fully saturated rings. The zero-order chi connectivity index (χ0) is 18.9. The van der Waals surface area contributed by atoms with Gasteiger partial charge in [0, 0.05) is 13.1 Å². The third kappa shape index (κ3) is 3.97. The second-order valence-electron chi connectivity index (χ2n) is 5.96. The molecule has 25 heavy (non-hydrogen) atoms. The smallest absolute Gasteiger partial charge is 0.323 e. The Kier molecular flexibility index (Phi) is 5.14. The number of aliphatic carboxylic acids is 1. The molecular formula is C15H19N3O6S. The number of nitrogens with zero attached hydrogens (tertiary/aromatic N) is 3. The number of likely N-dealkylation sites (N-methyl/N-ethyl adjacent to an activating group) is 1. The largest absolute Gasteiger partial charge is 0.480 e. The van der Waals surface area contributed by atoms with Gasteiger partial charge in [-0.25, -0.2) is 8.42 Å². The van der Waals surface area contributed by atoms with E-state index < -0.39 is 34.4 Å². The van der Waals surface area contributed by atoms with E-state index in [9.17, 15) is 22.8 Å². The van der Waals surface area contributed by atoms with Crippen molar-refractivity contribution in [2.75, 3.05) is 44.3 Å². The standard InChI is InChI=1S/C15H19N3O6S/c1-16(2)6-7-18(25(3,23)24)10-4-5-11-12(8-10)15(22)17(14(11)21)9-13(19)20/h4-5,8H,6-7,9H2,1-3H3,(H,19,20). The summed E-state index contributed by atoms with van der Waals surface area (Å²) in [6, 6.07) is 4.10. The van der Waals surface area contributed by atoms with Crippen molar-refractivity contribution < 1.29 is 27.9 Å². The number of carboxylic acids is 1. The SMILES string of the molecule is CN(C)CCN(c1ccc2c(c1)C(=O)N(CC(=O)O)C2=O)S(C)(=O)=O. The molecule has 0 spiro atoms. The number of imide groups is 1. The van der Waals surface area contributed by atoms with Crippen LogP contribution in [0.5, 0.6) is 0 Å². The average molecular weight is 369 g/mol. The van der Waals surface area contributed by atoms with Gasteiger partial charge in [0.05, 0.1) is 23.1 Å². The van der Waals surface area contributed by atoms with Crippen molar-refractivity contribution in [3.63, 3.8) is 0 Å². The average Bonchev–Trinajstić information content (AvgIpc) is 2.70. The van der Waals surface area contributed by atoms with Gasteiger partial charge in [0.25, 0.3) is 11.8 Å². The predicted octanol–water partition coefficient (Wildman–Crippen LogP) is -0.305. The first kappa shape index (κ1) is 18.9. The fourth-order valence-corrected chi connectivity index (χ4v) is 3.40. The van der Waals surface area contributed by atoms with Crippen LogP contribution in [0.4, 0.5) is 5.69 Å². The summed E-state index contributed by atoms with van der Waals surface area (Å²) in [5.74, 6) is -2.75. The highest BCUT2D eigenvalue weighted by Crippen LogP contribution is 2.28. The van der Waals surface area contributed by atoms with Crippen molar-refractivity contribution in [1.82, 2.24) is 9.80 Å². The molecule has 0 bridgehead atoms. The van der Waals surface area contributed by atoms with Crippen molar-refractivity contribution in [3.05, 3.63) is 29.3 Å². The highest BCUT2D eigenvalue weighted by atomic mass is 32.2. The van der Waals surface area contributed by atoms with Crippen LogP contribution in [-0.2, 0) is 14.8 Å². The number of fused-ring (bicyclic) bond motifs is 1. The molecular weight excluding hydrogens is 350 g/mol. The molecule has 136 valence electrons. The van der Waals surface area contributed by atoms with Crippen LogP contribution in [0, 0.1) is 0 Å². The molecule has 2 amide bonds. The molecule has 0 aromatic heterocycles. The molecule has 0 atom stereocenters. The van der Waals surface area contributed by atoms with Crippen LogP contribution in [0.3, 0.4) is 0 Å². The molecule has 0 saturated carbocycles. The number of rotatable bonds is 7. The monoisotopic (exact) mass is 369 g/mol. The van der Waals surface area contributed by atoms with Crippen molar-refractivity contribution in [2.45, 2.75) is 0 Å². The lowest BCUT2D eigenvalue weighted by Gasteiger charge is -2.24. The molecule has 0 aliphatic carbocycles. The zero-order valence-electron chi connectivity index (χ0n) is 14.1. The third-order valence-corrected chi connectivity index (χ3v) is 4.88. The molecule has 0 saturated heterocycles. The summed E-state index contributed by atoms with van der Waals surface area (Å²) in [7, 11) is 0.00957. The molecule has 0 radical (unpaired) electrons. The van der Waals surface area contributed by atoms with Gasteiger partial charge in [-0.15, -0.1) is 0 Å². The lowest BCUT2D eigenvalue weighted by molar-refractivity contribution is -0.137. The van der Waals surface area contributed by atoms with Crippen LogP contribution in [0.15, 0.2) is 18.2 Å². The number of carboxylic acid groups (broad SMARTS) is 1. The number of amides is 2. The van der Waals surface area contributed by atoms with E-state index in [1.54, 1.807) is 14.1 Å². The normalized spacial score (nSPS) is 14.2. The Morgan fingerprint density at radius 1 is 1.12 bits per heavy atom. The van der Waals surface area contributed by atoms with Gasteiger partial charge >= 0.3 is 5.97 Å². The first-order chi connectivity index (χ1) is 11.5. The van der Waals surface area contributed by atoms with Crippen LogP contribution >= 0.6 is 0 Å². The highest BCUT2D eigenvalue weighted by molar-refractivity contribution is 7.92. The van der Waals surface area contributed by atoms with E-state index in [0.717, 1.165) is 10.6 Å². The summed E-state index contributed by atoms with van der Waals surface area (Å²) >= 11 is 0. The Bertz CT molecular complexity index is 834. The molecule has 1 aromatic rings. The molecule has 9 nitrogen and oxygen atoms in total.